The maximum Gasteiger partial charge on any atom is 0.248 e. The number of thiophene rings is 2. The van der Waals surface area contributed by atoms with Gasteiger partial charge in [-0.15, -0.1) is 22.7 Å². The molecule has 1 aromatic carbocycles. The highest BCUT2D eigenvalue weighted by molar-refractivity contribution is 7.10. The van der Waals surface area contributed by atoms with Crippen molar-refractivity contribution >= 4 is 34.5 Å². The van der Waals surface area contributed by atoms with Crippen LogP contribution in [0.3, 0.4) is 0 Å². The van der Waals surface area contributed by atoms with Crippen molar-refractivity contribution in [2.75, 3.05) is 0 Å². The summed E-state index contributed by atoms with van der Waals surface area (Å²) in [4.78, 5) is 30.6. The zero-order valence-electron chi connectivity index (χ0n) is 16.8. The van der Waals surface area contributed by atoms with Crippen molar-refractivity contribution in [3.8, 4) is 0 Å². The first-order valence-corrected chi connectivity index (χ1v) is 12.2. The lowest BCUT2D eigenvalue weighted by molar-refractivity contribution is -0.141. The Balaban J connectivity index is 1.64. The maximum absolute atomic E-state index is 13.5. The minimum atomic E-state index is -0.613. The number of amides is 2. The van der Waals surface area contributed by atoms with Crippen LogP contribution in [0.1, 0.15) is 47.0 Å². The summed E-state index contributed by atoms with van der Waals surface area (Å²) in [7, 11) is 0. The summed E-state index contributed by atoms with van der Waals surface area (Å²) < 4.78 is 0. The van der Waals surface area contributed by atoms with Crippen molar-refractivity contribution in [1.29, 1.82) is 0 Å². The first kappa shape index (κ1) is 20.8. The van der Waals surface area contributed by atoms with Crippen LogP contribution < -0.4 is 5.32 Å². The topological polar surface area (TPSA) is 49.4 Å². The zero-order valence-corrected chi connectivity index (χ0v) is 18.5. The number of nitrogens with one attached hydrogen (secondary N) is 1. The Kier molecular flexibility index (Phi) is 6.97. The molecule has 3 aromatic rings. The van der Waals surface area contributed by atoms with Gasteiger partial charge in [0.1, 0.15) is 6.04 Å². The average Bonchev–Trinajstić information content (AvgIpc) is 3.52. The van der Waals surface area contributed by atoms with Crippen LogP contribution in [0.25, 0.3) is 0 Å². The minimum Gasteiger partial charge on any atom is -0.351 e. The monoisotopic (exact) mass is 438 g/mol. The van der Waals surface area contributed by atoms with Crippen LogP contribution in [0.5, 0.6) is 0 Å². The van der Waals surface area contributed by atoms with Gasteiger partial charge in [0.2, 0.25) is 11.8 Å². The van der Waals surface area contributed by atoms with Gasteiger partial charge in [-0.3, -0.25) is 9.59 Å². The van der Waals surface area contributed by atoms with E-state index in [-0.39, 0.29) is 17.9 Å². The summed E-state index contributed by atoms with van der Waals surface area (Å²) in [5.41, 5.74) is 1.02. The second kappa shape index (κ2) is 10.0. The molecule has 4 nitrogen and oxygen atoms in total. The molecule has 156 valence electrons. The number of nitrogens with zero attached hydrogens (tertiary/aromatic N) is 1. The maximum atomic E-state index is 13.5. The van der Waals surface area contributed by atoms with Crippen molar-refractivity contribution in [3.05, 3.63) is 80.7 Å². The van der Waals surface area contributed by atoms with Crippen LogP contribution >= 0.6 is 22.7 Å². The molecule has 2 heterocycles. The van der Waals surface area contributed by atoms with Gasteiger partial charge in [-0.1, -0.05) is 55.3 Å². The highest BCUT2D eigenvalue weighted by Gasteiger charge is 2.33. The van der Waals surface area contributed by atoms with E-state index >= 15 is 0 Å². The van der Waals surface area contributed by atoms with Crippen molar-refractivity contribution in [2.45, 2.75) is 50.7 Å². The van der Waals surface area contributed by atoms with E-state index in [4.69, 9.17) is 0 Å². The predicted molar refractivity (Wildman–Crippen MR) is 122 cm³/mol. The van der Waals surface area contributed by atoms with Gasteiger partial charge in [0.25, 0.3) is 0 Å². The lowest BCUT2D eigenvalue weighted by Crippen LogP contribution is -2.46. The Hall–Kier alpha value is -2.44. The number of carbonyl (C=O) groups excluding carboxylic acids is 2. The van der Waals surface area contributed by atoms with E-state index in [1.807, 2.05) is 65.4 Å². The van der Waals surface area contributed by atoms with Gasteiger partial charge in [0, 0.05) is 22.3 Å². The molecular formula is C24H26N2O2S2. The zero-order chi connectivity index (χ0) is 20.8. The van der Waals surface area contributed by atoms with Crippen LogP contribution in [-0.2, 0) is 22.6 Å². The first-order valence-electron chi connectivity index (χ1n) is 10.4. The molecule has 0 saturated heterocycles. The summed E-state index contributed by atoms with van der Waals surface area (Å²) in [6.45, 7) is 0.408. The van der Waals surface area contributed by atoms with E-state index < -0.39 is 6.04 Å². The van der Waals surface area contributed by atoms with Crippen molar-refractivity contribution < 1.29 is 9.59 Å². The number of benzene rings is 1. The Morgan fingerprint density at radius 1 is 0.967 bits per heavy atom. The molecule has 2 aromatic heterocycles. The standard InChI is InChI=1S/C24H26N2O2S2/c27-22(16-20-12-6-14-29-20)26(17-18-8-2-1-3-9-18)23(21-13-7-15-30-21)24(28)25-19-10-4-5-11-19/h1-3,6-9,12-15,19,23H,4-5,10-11,16-17H2,(H,25,28)/t23-/m1/s1. The van der Waals surface area contributed by atoms with Gasteiger partial charge in [-0.2, -0.15) is 0 Å². The molecule has 4 rings (SSSR count). The third kappa shape index (κ3) is 5.18. The highest BCUT2D eigenvalue weighted by Crippen LogP contribution is 2.29. The fraction of sp³-hybridized carbons (Fsp3) is 0.333. The van der Waals surface area contributed by atoms with Crippen LogP contribution in [0.2, 0.25) is 0 Å². The Morgan fingerprint density at radius 2 is 1.70 bits per heavy atom. The fourth-order valence-electron chi connectivity index (χ4n) is 3.99. The van der Waals surface area contributed by atoms with E-state index in [1.165, 1.54) is 11.3 Å². The third-order valence-corrected chi connectivity index (χ3v) is 7.30. The smallest absolute Gasteiger partial charge is 0.248 e. The fourth-order valence-corrected chi connectivity index (χ4v) is 5.52. The highest BCUT2D eigenvalue weighted by atomic mass is 32.1. The molecule has 30 heavy (non-hydrogen) atoms. The lowest BCUT2D eigenvalue weighted by atomic mass is 10.1. The van der Waals surface area contributed by atoms with Crippen molar-refractivity contribution in [3.63, 3.8) is 0 Å². The second-order valence-corrected chi connectivity index (χ2v) is 9.68. The molecule has 1 fully saturated rings. The van der Waals surface area contributed by atoms with Gasteiger partial charge < -0.3 is 10.2 Å². The van der Waals surface area contributed by atoms with Gasteiger partial charge in [0.15, 0.2) is 0 Å². The molecular weight excluding hydrogens is 412 g/mol. The van der Waals surface area contributed by atoms with Crippen molar-refractivity contribution in [2.24, 2.45) is 0 Å². The number of carbonyl (C=O) groups is 2. The van der Waals surface area contributed by atoms with Crippen molar-refractivity contribution in [1.82, 2.24) is 10.2 Å². The summed E-state index contributed by atoms with van der Waals surface area (Å²) in [5, 5.41) is 7.17. The molecule has 1 atom stereocenters. The molecule has 0 bridgehead atoms. The Labute approximate surface area is 185 Å². The predicted octanol–water partition coefficient (Wildman–Crippen LogP) is 5.18. The molecule has 0 aliphatic heterocycles. The van der Waals surface area contributed by atoms with E-state index in [2.05, 4.69) is 5.32 Å². The average molecular weight is 439 g/mol. The third-order valence-electron chi connectivity index (χ3n) is 5.50. The van der Waals surface area contributed by atoms with Gasteiger partial charge in [-0.05, 0) is 41.3 Å². The number of hydrogen-bond acceptors (Lipinski definition) is 4. The van der Waals surface area contributed by atoms with Gasteiger partial charge in [0.05, 0.1) is 6.42 Å². The van der Waals surface area contributed by atoms with Gasteiger partial charge in [-0.25, -0.2) is 0 Å². The second-order valence-electron chi connectivity index (χ2n) is 7.67. The minimum absolute atomic E-state index is 0.0266. The van der Waals surface area contributed by atoms with Crippen LogP contribution in [-0.4, -0.2) is 22.8 Å². The van der Waals surface area contributed by atoms with Crippen LogP contribution in [0.4, 0.5) is 0 Å². The number of rotatable bonds is 8. The number of hydrogen-bond donors (Lipinski definition) is 1. The molecule has 0 radical (unpaired) electrons. The molecule has 1 N–H and O–H groups in total. The normalized spacial score (nSPS) is 15.1. The summed E-state index contributed by atoms with van der Waals surface area (Å²) in [5.74, 6) is -0.0962. The van der Waals surface area contributed by atoms with E-state index in [0.29, 0.717) is 13.0 Å². The molecule has 1 aliphatic rings. The lowest BCUT2D eigenvalue weighted by Gasteiger charge is -2.31. The summed E-state index contributed by atoms with van der Waals surface area (Å²) >= 11 is 3.10. The quantitative estimate of drug-likeness (QED) is 0.527. The molecule has 6 heteroatoms. The van der Waals surface area contributed by atoms with E-state index in [1.54, 1.807) is 16.2 Å². The molecule has 1 saturated carbocycles. The van der Waals surface area contributed by atoms with E-state index in [0.717, 1.165) is 41.0 Å². The SMILES string of the molecule is O=C(NC1CCCC1)[C@@H](c1cccs1)N(Cc1ccccc1)C(=O)Cc1cccs1. The summed E-state index contributed by atoms with van der Waals surface area (Å²) in [6, 6.07) is 17.3. The Morgan fingerprint density at radius 3 is 2.37 bits per heavy atom. The van der Waals surface area contributed by atoms with Crippen LogP contribution in [0.15, 0.2) is 65.4 Å². The first-order chi connectivity index (χ1) is 14.7. The Bertz CT molecular complexity index is 933. The molecule has 0 spiro atoms. The largest absolute Gasteiger partial charge is 0.351 e. The summed E-state index contributed by atoms with van der Waals surface area (Å²) in [6.07, 6.45) is 4.65. The van der Waals surface area contributed by atoms with Gasteiger partial charge >= 0.3 is 0 Å². The molecule has 0 unspecified atom stereocenters. The van der Waals surface area contributed by atoms with E-state index in [9.17, 15) is 9.59 Å². The molecule has 1 aliphatic carbocycles. The van der Waals surface area contributed by atoms with Crippen LogP contribution in [0, 0.1) is 0 Å². The molecule has 2 amide bonds.